The van der Waals surface area contributed by atoms with Crippen LogP contribution >= 0.6 is 11.3 Å². The predicted octanol–water partition coefficient (Wildman–Crippen LogP) is 3.94. The van der Waals surface area contributed by atoms with Crippen molar-refractivity contribution >= 4 is 34.9 Å². The molecule has 1 aliphatic heterocycles. The summed E-state index contributed by atoms with van der Waals surface area (Å²) in [6.45, 7) is 6.53. The van der Waals surface area contributed by atoms with Gasteiger partial charge in [-0.15, -0.1) is 11.3 Å². The molecule has 202 valence electrons. The summed E-state index contributed by atoms with van der Waals surface area (Å²) in [5, 5.41) is 15.1. The standard InChI is InChI=1S/C30H33N5O3S/c1-17(25-14-19(16-39-25)27(31)32)34-29(38)24-9-6-12-35(24)26(36)15-33-28(37)18-10-11-23-21(13-18)20-7-4-5-8-22(20)30(23,2)3/h4-5,7-8,10-11,13-14,16-17,24H,6,9,12,15H2,1-3H3,(H3,31,32)(H,33,37)(H,34,38)/t17-,24+/m1/s1. The first-order chi connectivity index (χ1) is 18.6. The Kier molecular flexibility index (Phi) is 7.03. The fourth-order valence-corrected chi connectivity index (χ4v) is 6.58. The van der Waals surface area contributed by atoms with E-state index in [9.17, 15) is 14.4 Å². The van der Waals surface area contributed by atoms with Crippen molar-refractivity contribution in [2.75, 3.05) is 13.1 Å². The number of nitrogens with one attached hydrogen (secondary N) is 3. The summed E-state index contributed by atoms with van der Waals surface area (Å²) < 4.78 is 0. The lowest BCUT2D eigenvalue weighted by Crippen LogP contribution is -2.49. The van der Waals surface area contributed by atoms with Crippen LogP contribution in [0.4, 0.5) is 0 Å². The van der Waals surface area contributed by atoms with Gasteiger partial charge in [-0.3, -0.25) is 19.8 Å². The number of thiophene rings is 1. The van der Waals surface area contributed by atoms with E-state index in [-0.39, 0.29) is 41.6 Å². The van der Waals surface area contributed by atoms with E-state index in [4.69, 9.17) is 11.1 Å². The SMILES string of the molecule is C[C@@H](NC(=O)[C@@H]1CCCN1C(=O)CNC(=O)c1ccc2c(c1)-c1ccccc1C2(C)C)c1cc(C(=N)N)cs1. The van der Waals surface area contributed by atoms with Gasteiger partial charge in [-0.2, -0.15) is 0 Å². The number of amidine groups is 1. The maximum absolute atomic E-state index is 13.1. The molecule has 2 aliphatic rings. The first-order valence-electron chi connectivity index (χ1n) is 13.1. The van der Waals surface area contributed by atoms with Gasteiger partial charge in [0.25, 0.3) is 5.91 Å². The van der Waals surface area contributed by atoms with E-state index in [1.807, 2.05) is 37.3 Å². The Hall–Kier alpha value is -3.98. The van der Waals surface area contributed by atoms with Gasteiger partial charge in [0, 0.05) is 33.3 Å². The van der Waals surface area contributed by atoms with Crippen molar-refractivity contribution in [3.05, 3.63) is 81.0 Å². The number of benzene rings is 2. The molecule has 39 heavy (non-hydrogen) atoms. The Labute approximate surface area is 232 Å². The highest BCUT2D eigenvalue weighted by Gasteiger charge is 2.36. The number of carbonyl (C=O) groups is 3. The lowest BCUT2D eigenvalue weighted by Gasteiger charge is -2.25. The molecule has 0 unspecified atom stereocenters. The monoisotopic (exact) mass is 543 g/mol. The molecule has 8 nitrogen and oxygen atoms in total. The van der Waals surface area contributed by atoms with Crippen LogP contribution in [-0.4, -0.2) is 47.6 Å². The van der Waals surface area contributed by atoms with Gasteiger partial charge in [0.15, 0.2) is 0 Å². The topological polar surface area (TPSA) is 128 Å². The van der Waals surface area contributed by atoms with Gasteiger partial charge in [0.2, 0.25) is 11.8 Å². The average molecular weight is 544 g/mol. The maximum atomic E-state index is 13.1. The van der Waals surface area contributed by atoms with E-state index >= 15 is 0 Å². The number of hydrogen-bond acceptors (Lipinski definition) is 5. The van der Waals surface area contributed by atoms with Gasteiger partial charge in [-0.05, 0) is 60.2 Å². The Morgan fingerprint density at radius 2 is 1.85 bits per heavy atom. The van der Waals surface area contributed by atoms with E-state index in [0.29, 0.717) is 24.1 Å². The summed E-state index contributed by atoms with van der Waals surface area (Å²) in [7, 11) is 0. The normalized spacial score (nSPS) is 17.7. The fraction of sp³-hybridized carbons (Fsp3) is 0.333. The second-order valence-electron chi connectivity index (χ2n) is 10.7. The molecule has 9 heteroatoms. The van der Waals surface area contributed by atoms with E-state index in [0.717, 1.165) is 22.4 Å². The molecule has 0 spiro atoms. The number of rotatable bonds is 7. The van der Waals surface area contributed by atoms with Crippen LogP contribution < -0.4 is 16.4 Å². The number of hydrogen-bond donors (Lipinski definition) is 4. The van der Waals surface area contributed by atoms with E-state index in [2.05, 4.69) is 36.6 Å². The molecule has 5 rings (SSSR count). The smallest absolute Gasteiger partial charge is 0.251 e. The first kappa shape index (κ1) is 26.6. The molecule has 2 aromatic carbocycles. The van der Waals surface area contributed by atoms with Crippen LogP contribution in [0.25, 0.3) is 11.1 Å². The van der Waals surface area contributed by atoms with Crippen molar-refractivity contribution in [3.63, 3.8) is 0 Å². The highest BCUT2D eigenvalue weighted by Crippen LogP contribution is 2.48. The van der Waals surface area contributed by atoms with Crippen LogP contribution in [0.2, 0.25) is 0 Å². The molecule has 0 radical (unpaired) electrons. The molecule has 3 amide bonds. The summed E-state index contributed by atoms with van der Waals surface area (Å²) in [6.07, 6.45) is 1.29. The molecule has 2 atom stereocenters. The molecule has 3 aromatic rings. The van der Waals surface area contributed by atoms with Crippen molar-refractivity contribution in [2.45, 2.75) is 51.1 Å². The number of carbonyl (C=O) groups excluding carboxylic acids is 3. The lowest BCUT2D eigenvalue weighted by atomic mass is 9.82. The molecule has 1 saturated heterocycles. The molecule has 1 aromatic heterocycles. The molecule has 0 saturated carbocycles. The zero-order valence-corrected chi connectivity index (χ0v) is 23.2. The summed E-state index contributed by atoms with van der Waals surface area (Å²) >= 11 is 1.43. The van der Waals surface area contributed by atoms with Gasteiger partial charge < -0.3 is 21.3 Å². The Bertz CT molecular complexity index is 1480. The first-order valence-corrected chi connectivity index (χ1v) is 14.0. The molecule has 0 bridgehead atoms. The van der Waals surface area contributed by atoms with Crippen molar-refractivity contribution < 1.29 is 14.4 Å². The minimum atomic E-state index is -0.581. The minimum Gasteiger partial charge on any atom is -0.384 e. The van der Waals surface area contributed by atoms with Crippen molar-refractivity contribution in [1.82, 2.24) is 15.5 Å². The Morgan fingerprint density at radius 1 is 1.10 bits per heavy atom. The van der Waals surface area contributed by atoms with Gasteiger partial charge in [0.1, 0.15) is 11.9 Å². The number of likely N-dealkylation sites (tertiary alicyclic amines) is 1. The molecule has 5 N–H and O–H groups in total. The van der Waals surface area contributed by atoms with Crippen molar-refractivity contribution in [2.24, 2.45) is 5.73 Å². The largest absolute Gasteiger partial charge is 0.384 e. The summed E-state index contributed by atoms with van der Waals surface area (Å²) in [6, 6.07) is 14.9. The zero-order valence-electron chi connectivity index (χ0n) is 22.3. The molecule has 2 heterocycles. The van der Waals surface area contributed by atoms with Crippen LogP contribution in [0.1, 0.15) is 71.6 Å². The van der Waals surface area contributed by atoms with Crippen molar-refractivity contribution in [3.8, 4) is 11.1 Å². The third-order valence-corrected chi connectivity index (χ3v) is 8.95. The van der Waals surface area contributed by atoms with Crippen LogP contribution in [0, 0.1) is 5.41 Å². The van der Waals surface area contributed by atoms with Gasteiger partial charge in [-0.1, -0.05) is 44.2 Å². The number of nitrogen functional groups attached to an aromatic ring is 1. The van der Waals surface area contributed by atoms with E-state index in [1.54, 1.807) is 16.3 Å². The van der Waals surface area contributed by atoms with Crippen LogP contribution in [0.5, 0.6) is 0 Å². The number of nitrogens with two attached hydrogens (primary N) is 1. The Balaban J connectivity index is 1.21. The fourth-order valence-electron chi connectivity index (χ4n) is 5.66. The van der Waals surface area contributed by atoms with Crippen LogP contribution in [-0.2, 0) is 15.0 Å². The highest BCUT2D eigenvalue weighted by molar-refractivity contribution is 7.10. The van der Waals surface area contributed by atoms with E-state index in [1.165, 1.54) is 22.5 Å². The highest BCUT2D eigenvalue weighted by atomic mass is 32.1. The van der Waals surface area contributed by atoms with Crippen LogP contribution in [0.15, 0.2) is 53.9 Å². The number of amides is 3. The quantitative estimate of drug-likeness (QED) is 0.266. The minimum absolute atomic E-state index is 0.0146. The van der Waals surface area contributed by atoms with Crippen molar-refractivity contribution in [1.29, 1.82) is 5.41 Å². The third-order valence-electron chi connectivity index (χ3n) is 7.84. The number of fused-ring (bicyclic) bond motifs is 3. The van der Waals surface area contributed by atoms with E-state index < -0.39 is 6.04 Å². The third kappa shape index (κ3) is 4.94. The Morgan fingerprint density at radius 3 is 2.59 bits per heavy atom. The number of nitrogens with zero attached hydrogens (tertiary/aromatic N) is 1. The summed E-state index contributed by atoms with van der Waals surface area (Å²) in [5.74, 6) is -0.839. The summed E-state index contributed by atoms with van der Waals surface area (Å²) in [4.78, 5) is 41.6. The molecular weight excluding hydrogens is 510 g/mol. The van der Waals surface area contributed by atoms with Crippen LogP contribution in [0.3, 0.4) is 0 Å². The molecular formula is C30H33N5O3S. The zero-order chi connectivity index (χ0) is 27.9. The van der Waals surface area contributed by atoms with Gasteiger partial charge in [0.05, 0.1) is 12.6 Å². The molecule has 1 aliphatic carbocycles. The predicted molar refractivity (Wildman–Crippen MR) is 153 cm³/mol. The second kappa shape index (κ2) is 10.3. The van der Waals surface area contributed by atoms with Gasteiger partial charge >= 0.3 is 0 Å². The lowest BCUT2D eigenvalue weighted by molar-refractivity contribution is -0.137. The maximum Gasteiger partial charge on any atom is 0.251 e. The average Bonchev–Trinajstić information content (AvgIpc) is 3.65. The van der Waals surface area contributed by atoms with Gasteiger partial charge in [-0.25, -0.2) is 0 Å². The summed E-state index contributed by atoms with van der Waals surface area (Å²) in [5.41, 5.74) is 11.1. The second-order valence-corrected chi connectivity index (χ2v) is 11.7. The molecule has 1 fully saturated rings.